The lowest BCUT2D eigenvalue weighted by Crippen LogP contribution is -2.38. The first kappa shape index (κ1) is 17.0. The summed E-state index contributed by atoms with van der Waals surface area (Å²) in [6, 6.07) is 0. The molecule has 2 aliphatic rings. The maximum atomic E-state index is 3.47. The van der Waals surface area contributed by atoms with Gasteiger partial charge in [0.15, 0.2) is 0 Å². The Morgan fingerprint density at radius 1 is 1.05 bits per heavy atom. The standard InChI is InChI=1S/C15H30N2.C2H6/c1-15(2,3)14-6-10-17(11-7-14)9-5-13-4-8-16-12-13;1-2/h13-14,16H,4-12H2,1-3H3;1-2H3/t13-;/m1./s1. The quantitative estimate of drug-likeness (QED) is 0.838. The Labute approximate surface area is 121 Å². The van der Waals surface area contributed by atoms with Gasteiger partial charge in [-0.05, 0) is 75.7 Å². The summed E-state index contributed by atoms with van der Waals surface area (Å²) in [4.78, 5) is 2.70. The molecule has 0 saturated carbocycles. The van der Waals surface area contributed by atoms with Crippen LogP contribution in [0.5, 0.6) is 0 Å². The number of hydrogen-bond donors (Lipinski definition) is 1. The van der Waals surface area contributed by atoms with Crippen molar-refractivity contribution in [2.45, 2.75) is 60.3 Å². The second-order valence-electron chi connectivity index (χ2n) is 7.13. The monoisotopic (exact) mass is 268 g/mol. The van der Waals surface area contributed by atoms with E-state index in [0.29, 0.717) is 5.41 Å². The van der Waals surface area contributed by atoms with Gasteiger partial charge in [0, 0.05) is 0 Å². The van der Waals surface area contributed by atoms with Gasteiger partial charge in [-0.1, -0.05) is 34.6 Å². The zero-order valence-electron chi connectivity index (χ0n) is 14.0. The van der Waals surface area contributed by atoms with E-state index >= 15 is 0 Å². The number of rotatable bonds is 3. The second kappa shape index (κ2) is 8.26. The van der Waals surface area contributed by atoms with Gasteiger partial charge >= 0.3 is 0 Å². The summed E-state index contributed by atoms with van der Waals surface area (Å²) in [6.07, 6.45) is 5.63. The van der Waals surface area contributed by atoms with Gasteiger partial charge in [-0.3, -0.25) is 0 Å². The summed E-state index contributed by atoms with van der Waals surface area (Å²) in [5, 5.41) is 3.47. The molecular weight excluding hydrogens is 232 g/mol. The van der Waals surface area contributed by atoms with E-state index in [9.17, 15) is 0 Å². The molecule has 0 spiro atoms. The molecule has 0 aromatic carbocycles. The molecule has 0 amide bonds. The molecule has 0 unspecified atom stereocenters. The molecule has 0 aliphatic carbocycles. The summed E-state index contributed by atoms with van der Waals surface area (Å²) in [5.74, 6) is 1.89. The van der Waals surface area contributed by atoms with Crippen molar-refractivity contribution in [3.63, 3.8) is 0 Å². The highest BCUT2D eigenvalue weighted by molar-refractivity contribution is 4.81. The molecule has 0 aromatic rings. The fourth-order valence-corrected chi connectivity index (χ4v) is 3.35. The van der Waals surface area contributed by atoms with E-state index in [0.717, 1.165) is 11.8 Å². The highest BCUT2D eigenvalue weighted by Crippen LogP contribution is 2.34. The van der Waals surface area contributed by atoms with Gasteiger partial charge in [0.25, 0.3) is 0 Å². The largest absolute Gasteiger partial charge is 0.316 e. The lowest BCUT2D eigenvalue weighted by Gasteiger charge is -2.39. The first-order valence-corrected chi connectivity index (χ1v) is 8.49. The van der Waals surface area contributed by atoms with Crippen molar-refractivity contribution in [3.05, 3.63) is 0 Å². The summed E-state index contributed by atoms with van der Waals surface area (Å²) >= 11 is 0. The zero-order chi connectivity index (χ0) is 14.3. The van der Waals surface area contributed by atoms with Crippen LogP contribution in [0.1, 0.15) is 60.3 Å². The molecule has 2 heteroatoms. The number of piperidine rings is 1. The summed E-state index contributed by atoms with van der Waals surface area (Å²) in [6.45, 7) is 17.7. The van der Waals surface area contributed by atoms with Crippen molar-refractivity contribution < 1.29 is 0 Å². The van der Waals surface area contributed by atoms with Gasteiger partial charge < -0.3 is 10.2 Å². The van der Waals surface area contributed by atoms with Gasteiger partial charge in [-0.15, -0.1) is 0 Å². The van der Waals surface area contributed by atoms with E-state index in [1.54, 1.807) is 0 Å². The smallest absolute Gasteiger partial charge is 0.00156 e. The van der Waals surface area contributed by atoms with Crippen molar-refractivity contribution in [3.8, 4) is 0 Å². The molecule has 1 atom stereocenters. The molecule has 2 fully saturated rings. The average molecular weight is 268 g/mol. The fourth-order valence-electron chi connectivity index (χ4n) is 3.35. The van der Waals surface area contributed by atoms with Crippen LogP contribution in [-0.4, -0.2) is 37.6 Å². The lowest BCUT2D eigenvalue weighted by molar-refractivity contribution is 0.108. The van der Waals surface area contributed by atoms with Crippen LogP contribution in [0.3, 0.4) is 0 Å². The maximum absolute atomic E-state index is 3.47. The lowest BCUT2D eigenvalue weighted by atomic mass is 9.75. The van der Waals surface area contributed by atoms with Crippen molar-refractivity contribution in [1.82, 2.24) is 10.2 Å². The van der Waals surface area contributed by atoms with E-state index in [1.165, 1.54) is 58.4 Å². The van der Waals surface area contributed by atoms with Crippen LogP contribution in [0.25, 0.3) is 0 Å². The number of hydrogen-bond acceptors (Lipinski definition) is 2. The summed E-state index contributed by atoms with van der Waals surface area (Å²) in [5.41, 5.74) is 0.515. The van der Waals surface area contributed by atoms with Crippen LogP contribution in [0.2, 0.25) is 0 Å². The molecule has 2 nitrogen and oxygen atoms in total. The first-order valence-electron chi connectivity index (χ1n) is 8.49. The SMILES string of the molecule is CC.CC(C)(C)C1CCN(CC[C@H]2CCNC2)CC1. The van der Waals surface area contributed by atoms with Crippen LogP contribution in [-0.2, 0) is 0 Å². The van der Waals surface area contributed by atoms with Gasteiger partial charge in [-0.2, -0.15) is 0 Å². The van der Waals surface area contributed by atoms with E-state index in [1.807, 2.05) is 13.8 Å². The topological polar surface area (TPSA) is 15.3 Å². The predicted octanol–water partition coefficient (Wildman–Crippen LogP) is 3.77. The predicted molar refractivity (Wildman–Crippen MR) is 85.6 cm³/mol. The molecule has 2 saturated heterocycles. The molecule has 114 valence electrons. The third-order valence-electron chi connectivity index (χ3n) is 4.83. The summed E-state index contributed by atoms with van der Waals surface area (Å²) in [7, 11) is 0. The third-order valence-corrected chi connectivity index (χ3v) is 4.83. The molecule has 0 radical (unpaired) electrons. The van der Waals surface area contributed by atoms with Gasteiger partial charge in [0.2, 0.25) is 0 Å². The number of likely N-dealkylation sites (tertiary alicyclic amines) is 1. The Bertz CT molecular complexity index is 218. The van der Waals surface area contributed by atoms with Gasteiger partial charge in [0.05, 0.1) is 0 Å². The minimum absolute atomic E-state index is 0.515. The molecule has 2 aliphatic heterocycles. The second-order valence-corrected chi connectivity index (χ2v) is 7.13. The Kier molecular flexibility index (Phi) is 7.38. The van der Waals surface area contributed by atoms with Crippen LogP contribution < -0.4 is 5.32 Å². The number of nitrogens with zero attached hydrogens (tertiary/aromatic N) is 1. The van der Waals surface area contributed by atoms with Crippen LogP contribution in [0, 0.1) is 17.3 Å². The van der Waals surface area contributed by atoms with Gasteiger partial charge in [-0.25, -0.2) is 0 Å². The van der Waals surface area contributed by atoms with Crippen LogP contribution in [0.4, 0.5) is 0 Å². The molecular formula is C17H36N2. The summed E-state index contributed by atoms with van der Waals surface area (Å²) < 4.78 is 0. The molecule has 19 heavy (non-hydrogen) atoms. The van der Waals surface area contributed by atoms with Crippen molar-refractivity contribution in [2.75, 3.05) is 32.7 Å². The van der Waals surface area contributed by atoms with Crippen LogP contribution >= 0.6 is 0 Å². The van der Waals surface area contributed by atoms with Crippen molar-refractivity contribution in [1.29, 1.82) is 0 Å². The van der Waals surface area contributed by atoms with Crippen molar-refractivity contribution >= 4 is 0 Å². The fraction of sp³-hybridized carbons (Fsp3) is 1.00. The average Bonchev–Trinajstić information content (AvgIpc) is 2.91. The highest BCUT2D eigenvalue weighted by atomic mass is 15.1. The molecule has 2 rings (SSSR count). The number of nitrogens with one attached hydrogen (secondary N) is 1. The molecule has 2 heterocycles. The van der Waals surface area contributed by atoms with Crippen LogP contribution in [0.15, 0.2) is 0 Å². The molecule has 0 aromatic heterocycles. The minimum atomic E-state index is 0.515. The van der Waals surface area contributed by atoms with Gasteiger partial charge in [0.1, 0.15) is 0 Å². The Balaban J connectivity index is 0.000000861. The minimum Gasteiger partial charge on any atom is -0.316 e. The van der Waals surface area contributed by atoms with E-state index < -0.39 is 0 Å². The van der Waals surface area contributed by atoms with E-state index in [2.05, 4.69) is 31.0 Å². The Morgan fingerprint density at radius 2 is 1.68 bits per heavy atom. The Hall–Kier alpha value is -0.0800. The first-order chi connectivity index (χ1) is 9.05. The highest BCUT2D eigenvalue weighted by Gasteiger charge is 2.28. The normalized spacial score (nSPS) is 26.1. The van der Waals surface area contributed by atoms with E-state index in [-0.39, 0.29) is 0 Å². The van der Waals surface area contributed by atoms with E-state index in [4.69, 9.17) is 0 Å². The molecule has 0 bridgehead atoms. The maximum Gasteiger partial charge on any atom is -0.00156 e. The van der Waals surface area contributed by atoms with Crippen molar-refractivity contribution in [2.24, 2.45) is 17.3 Å². The third kappa shape index (κ3) is 5.83. The molecule has 1 N–H and O–H groups in total. The Morgan fingerprint density at radius 3 is 2.16 bits per heavy atom. The zero-order valence-corrected chi connectivity index (χ0v) is 14.0.